The van der Waals surface area contributed by atoms with Gasteiger partial charge in [-0.25, -0.2) is 0 Å². The Kier molecular flexibility index (Phi) is 4.35. The van der Waals surface area contributed by atoms with Crippen LogP contribution in [0.1, 0.15) is 33.1 Å². The van der Waals surface area contributed by atoms with Crippen LogP contribution in [0.25, 0.3) is 0 Å². The average molecular weight is 200 g/mol. The molecule has 14 heavy (non-hydrogen) atoms. The molecule has 0 amide bonds. The van der Waals surface area contributed by atoms with Gasteiger partial charge in [0.05, 0.1) is 5.60 Å². The molecule has 1 unspecified atom stereocenters. The van der Waals surface area contributed by atoms with Gasteiger partial charge in [-0.2, -0.15) is 0 Å². The van der Waals surface area contributed by atoms with Crippen LogP contribution in [0.3, 0.4) is 0 Å². The van der Waals surface area contributed by atoms with Gasteiger partial charge in [0.15, 0.2) is 0 Å². The second-order valence-corrected chi connectivity index (χ2v) is 4.58. The first-order valence-corrected chi connectivity index (χ1v) is 5.77. The molecule has 0 aromatic rings. The van der Waals surface area contributed by atoms with Crippen molar-refractivity contribution in [3.63, 3.8) is 0 Å². The topological polar surface area (TPSA) is 49.5 Å². The summed E-state index contributed by atoms with van der Waals surface area (Å²) in [6.45, 7) is 8.04. The highest BCUT2D eigenvalue weighted by molar-refractivity contribution is 4.90. The molecule has 1 rings (SSSR count). The Morgan fingerprint density at radius 3 is 2.43 bits per heavy atom. The van der Waals surface area contributed by atoms with E-state index in [9.17, 15) is 5.11 Å². The zero-order valence-electron chi connectivity index (χ0n) is 9.50. The number of hydrogen-bond acceptors (Lipinski definition) is 3. The summed E-state index contributed by atoms with van der Waals surface area (Å²) >= 11 is 0. The normalized spacial score (nSPS) is 24.9. The average Bonchev–Trinajstić information content (AvgIpc) is 2.21. The molecule has 3 nitrogen and oxygen atoms in total. The summed E-state index contributed by atoms with van der Waals surface area (Å²) in [5, 5.41) is 10.3. The summed E-state index contributed by atoms with van der Waals surface area (Å²) in [7, 11) is 0. The third kappa shape index (κ3) is 2.69. The minimum atomic E-state index is -0.501. The van der Waals surface area contributed by atoms with Gasteiger partial charge in [0.25, 0.3) is 0 Å². The lowest BCUT2D eigenvalue weighted by Crippen LogP contribution is -2.50. The summed E-state index contributed by atoms with van der Waals surface area (Å²) in [5.41, 5.74) is 5.11. The monoisotopic (exact) mass is 200 g/mol. The molecule has 1 aliphatic heterocycles. The Labute approximate surface area is 87.3 Å². The van der Waals surface area contributed by atoms with Crippen molar-refractivity contribution in [2.45, 2.75) is 38.7 Å². The summed E-state index contributed by atoms with van der Waals surface area (Å²) in [4.78, 5) is 2.43. The highest BCUT2D eigenvalue weighted by Gasteiger charge is 2.36. The summed E-state index contributed by atoms with van der Waals surface area (Å²) in [6, 6.07) is 0. The molecule has 84 valence electrons. The van der Waals surface area contributed by atoms with Crippen LogP contribution < -0.4 is 5.73 Å². The van der Waals surface area contributed by atoms with Gasteiger partial charge in [0.1, 0.15) is 0 Å². The Balaban J connectivity index is 2.40. The molecule has 3 heteroatoms. The Morgan fingerprint density at radius 2 is 2.00 bits per heavy atom. The molecular weight excluding hydrogens is 176 g/mol. The number of nitrogens with zero attached hydrogens (tertiary/aromatic N) is 1. The van der Waals surface area contributed by atoms with E-state index in [4.69, 9.17) is 5.73 Å². The maximum Gasteiger partial charge on any atom is 0.0709 e. The van der Waals surface area contributed by atoms with Crippen molar-refractivity contribution in [1.82, 2.24) is 4.90 Å². The lowest BCUT2D eigenvalue weighted by atomic mass is 9.80. The molecule has 0 aromatic carbocycles. The molecule has 1 fully saturated rings. The molecule has 1 aliphatic rings. The summed E-state index contributed by atoms with van der Waals surface area (Å²) < 4.78 is 0. The maximum atomic E-state index is 10.3. The van der Waals surface area contributed by atoms with E-state index in [0.29, 0.717) is 6.54 Å². The number of piperidine rings is 1. The van der Waals surface area contributed by atoms with Gasteiger partial charge in [-0.05, 0) is 38.3 Å². The standard InChI is InChI=1S/C11H24N2O/c1-3-6-13-7-4-11(14,5-8-13)10(2)9-12/h10,14H,3-9,12H2,1-2H3. The quantitative estimate of drug-likeness (QED) is 0.706. The second kappa shape index (κ2) is 5.10. The number of hydrogen-bond donors (Lipinski definition) is 2. The van der Waals surface area contributed by atoms with E-state index in [1.807, 2.05) is 0 Å². The molecule has 0 aromatic heterocycles. The van der Waals surface area contributed by atoms with E-state index < -0.39 is 5.60 Å². The van der Waals surface area contributed by atoms with Crippen LogP contribution in [-0.2, 0) is 0 Å². The molecule has 3 N–H and O–H groups in total. The van der Waals surface area contributed by atoms with E-state index in [0.717, 1.165) is 32.5 Å². The zero-order chi connectivity index (χ0) is 10.6. The number of aliphatic hydroxyl groups is 1. The first-order chi connectivity index (χ1) is 6.62. The van der Waals surface area contributed by atoms with Crippen molar-refractivity contribution in [2.75, 3.05) is 26.2 Å². The second-order valence-electron chi connectivity index (χ2n) is 4.58. The molecule has 0 radical (unpaired) electrons. The van der Waals surface area contributed by atoms with Crippen LogP contribution in [0.2, 0.25) is 0 Å². The van der Waals surface area contributed by atoms with E-state index in [-0.39, 0.29) is 5.92 Å². The molecule has 1 atom stereocenters. The van der Waals surface area contributed by atoms with Crippen LogP contribution in [-0.4, -0.2) is 41.8 Å². The molecule has 1 heterocycles. The van der Waals surface area contributed by atoms with Crippen LogP contribution in [0.15, 0.2) is 0 Å². The maximum absolute atomic E-state index is 10.3. The Hall–Kier alpha value is -0.120. The Morgan fingerprint density at radius 1 is 1.43 bits per heavy atom. The first-order valence-electron chi connectivity index (χ1n) is 5.77. The predicted octanol–water partition coefficient (Wildman–Crippen LogP) is 0.818. The van der Waals surface area contributed by atoms with E-state index in [2.05, 4.69) is 18.7 Å². The van der Waals surface area contributed by atoms with E-state index >= 15 is 0 Å². The fourth-order valence-corrected chi connectivity index (χ4v) is 2.19. The van der Waals surface area contributed by atoms with Gasteiger partial charge >= 0.3 is 0 Å². The van der Waals surface area contributed by atoms with Crippen molar-refractivity contribution in [3.05, 3.63) is 0 Å². The highest BCUT2D eigenvalue weighted by Crippen LogP contribution is 2.29. The van der Waals surface area contributed by atoms with Gasteiger partial charge in [-0.1, -0.05) is 13.8 Å². The third-order valence-corrected chi connectivity index (χ3v) is 3.53. The summed E-state index contributed by atoms with van der Waals surface area (Å²) in [5.74, 6) is 0.228. The number of rotatable bonds is 4. The lowest BCUT2D eigenvalue weighted by molar-refractivity contribution is -0.0588. The van der Waals surface area contributed by atoms with Gasteiger partial charge in [-0.3, -0.25) is 0 Å². The van der Waals surface area contributed by atoms with Crippen molar-refractivity contribution in [1.29, 1.82) is 0 Å². The zero-order valence-corrected chi connectivity index (χ0v) is 9.50. The van der Waals surface area contributed by atoms with Crippen molar-refractivity contribution >= 4 is 0 Å². The minimum absolute atomic E-state index is 0.228. The molecule has 0 spiro atoms. The van der Waals surface area contributed by atoms with E-state index in [1.165, 1.54) is 6.42 Å². The van der Waals surface area contributed by atoms with Gasteiger partial charge < -0.3 is 15.7 Å². The molecule has 0 saturated carbocycles. The van der Waals surface area contributed by atoms with Crippen molar-refractivity contribution in [2.24, 2.45) is 11.7 Å². The fraction of sp³-hybridized carbons (Fsp3) is 1.00. The Bertz CT molecular complexity index is 165. The molecule has 1 saturated heterocycles. The largest absolute Gasteiger partial charge is 0.389 e. The number of nitrogens with two attached hydrogens (primary N) is 1. The summed E-state index contributed by atoms with van der Waals surface area (Å²) in [6.07, 6.45) is 2.96. The van der Waals surface area contributed by atoms with Crippen LogP contribution in [0.4, 0.5) is 0 Å². The SMILES string of the molecule is CCCN1CCC(O)(C(C)CN)CC1. The van der Waals surface area contributed by atoms with Crippen molar-refractivity contribution in [3.8, 4) is 0 Å². The number of likely N-dealkylation sites (tertiary alicyclic amines) is 1. The molecule has 0 aliphatic carbocycles. The molecular formula is C11H24N2O. The van der Waals surface area contributed by atoms with Crippen LogP contribution in [0.5, 0.6) is 0 Å². The van der Waals surface area contributed by atoms with E-state index in [1.54, 1.807) is 0 Å². The third-order valence-electron chi connectivity index (χ3n) is 3.53. The van der Waals surface area contributed by atoms with Gasteiger partial charge in [0.2, 0.25) is 0 Å². The van der Waals surface area contributed by atoms with Gasteiger partial charge in [0, 0.05) is 13.1 Å². The molecule has 0 bridgehead atoms. The van der Waals surface area contributed by atoms with Crippen LogP contribution >= 0.6 is 0 Å². The first kappa shape index (κ1) is 12.0. The fourth-order valence-electron chi connectivity index (χ4n) is 2.19. The minimum Gasteiger partial charge on any atom is -0.389 e. The van der Waals surface area contributed by atoms with Crippen LogP contribution in [0, 0.1) is 5.92 Å². The van der Waals surface area contributed by atoms with Gasteiger partial charge in [-0.15, -0.1) is 0 Å². The lowest BCUT2D eigenvalue weighted by Gasteiger charge is -2.41. The van der Waals surface area contributed by atoms with Crippen molar-refractivity contribution < 1.29 is 5.11 Å². The highest BCUT2D eigenvalue weighted by atomic mass is 16.3. The predicted molar refractivity (Wildman–Crippen MR) is 59.1 cm³/mol. The smallest absolute Gasteiger partial charge is 0.0709 e.